The maximum Gasteiger partial charge on any atom is 0.323 e. The van der Waals surface area contributed by atoms with Gasteiger partial charge in [0, 0.05) is 30.8 Å². The van der Waals surface area contributed by atoms with E-state index in [4.69, 9.17) is 4.74 Å². The molecule has 4 heterocycles. The van der Waals surface area contributed by atoms with E-state index in [0.29, 0.717) is 43.3 Å². The van der Waals surface area contributed by atoms with Crippen LogP contribution in [-0.2, 0) is 33.0 Å². The van der Waals surface area contributed by atoms with Crippen LogP contribution in [0.2, 0.25) is 0 Å². The number of nitrogens with one attached hydrogen (secondary N) is 2. The molecule has 7 rings (SSSR count). The van der Waals surface area contributed by atoms with Gasteiger partial charge in [-0.2, -0.15) is 0 Å². The van der Waals surface area contributed by atoms with Crippen molar-refractivity contribution in [2.75, 3.05) is 18.5 Å². The maximum atomic E-state index is 13.5. The van der Waals surface area contributed by atoms with Crippen LogP contribution in [-0.4, -0.2) is 52.8 Å². The van der Waals surface area contributed by atoms with E-state index in [1.807, 2.05) is 4.90 Å². The number of fused-ring (bicyclic) bond motifs is 3. The summed E-state index contributed by atoms with van der Waals surface area (Å²) in [7, 11) is 0. The molecule has 9 heteroatoms. The summed E-state index contributed by atoms with van der Waals surface area (Å²) in [5.74, 6) is -0.328. The van der Waals surface area contributed by atoms with E-state index in [-0.39, 0.29) is 30.8 Å². The van der Waals surface area contributed by atoms with E-state index in [1.54, 1.807) is 18.2 Å². The van der Waals surface area contributed by atoms with E-state index in [9.17, 15) is 19.2 Å². The number of rotatable bonds is 3. The summed E-state index contributed by atoms with van der Waals surface area (Å²) in [5, 5.41) is 5.34. The van der Waals surface area contributed by atoms with E-state index < -0.39 is 17.5 Å². The van der Waals surface area contributed by atoms with E-state index in [0.717, 1.165) is 5.56 Å². The van der Waals surface area contributed by atoms with Crippen LogP contribution in [0, 0.1) is 0 Å². The molecule has 0 bridgehead atoms. The maximum absolute atomic E-state index is 13.5. The lowest BCUT2D eigenvalue weighted by Gasteiger charge is -2.45. The minimum absolute atomic E-state index is 0.200. The van der Waals surface area contributed by atoms with Gasteiger partial charge in [0.25, 0.3) is 5.91 Å². The predicted molar refractivity (Wildman–Crippen MR) is 128 cm³/mol. The Morgan fingerprint density at radius 2 is 1.83 bits per heavy atom. The predicted octanol–water partition coefficient (Wildman–Crippen LogP) is 2.60. The summed E-state index contributed by atoms with van der Waals surface area (Å²) >= 11 is 0. The van der Waals surface area contributed by atoms with E-state index in [2.05, 4.69) is 28.8 Å². The highest BCUT2D eigenvalue weighted by molar-refractivity contribution is 6.05. The number of ether oxygens (including phenoxy) is 1. The summed E-state index contributed by atoms with van der Waals surface area (Å²) in [6.45, 7) is 1.77. The lowest BCUT2D eigenvalue weighted by molar-refractivity contribution is -0.136. The van der Waals surface area contributed by atoms with Gasteiger partial charge in [-0.15, -0.1) is 0 Å². The zero-order valence-electron chi connectivity index (χ0n) is 19.7. The second-order valence-electron chi connectivity index (χ2n) is 10.5. The molecule has 2 N–H and O–H groups in total. The molecule has 2 aromatic rings. The molecule has 1 unspecified atom stereocenters. The van der Waals surface area contributed by atoms with Gasteiger partial charge in [0.1, 0.15) is 11.6 Å². The average Bonchev–Trinajstić information content (AvgIpc) is 3.55. The minimum Gasteiger partial charge on any atom is -0.376 e. The summed E-state index contributed by atoms with van der Waals surface area (Å²) in [4.78, 5) is 53.6. The first-order chi connectivity index (χ1) is 17.4. The van der Waals surface area contributed by atoms with Gasteiger partial charge in [-0.3, -0.25) is 19.7 Å². The monoisotopic (exact) mass is 486 g/mol. The van der Waals surface area contributed by atoms with Crippen molar-refractivity contribution in [3.05, 3.63) is 64.2 Å². The Hall–Kier alpha value is -3.72. The fourth-order valence-electron chi connectivity index (χ4n) is 6.05. The molecule has 1 spiro atoms. The molecule has 4 aliphatic heterocycles. The first-order valence-electron chi connectivity index (χ1n) is 12.5. The molecule has 9 nitrogen and oxygen atoms in total. The van der Waals surface area contributed by atoms with Gasteiger partial charge in [-0.05, 0) is 65.6 Å². The van der Waals surface area contributed by atoms with Gasteiger partial charge in [0.05, 0.1) is 13.2 Å². The zero-order valence-corrected chi connectivity index (χ0v) is 19.7. The molecular formula is C27H26N4O5. The lowest BCUT2D eigenvalue weighted by Crippen LogP contribution is -2.58. The number of hydrogen-bond acceptors (Lipinski definition) is 5. The Morgan fingerprint density at radius 3 is 2.56 bits per heavy atom. The molecule has 0 radical (unpaired) electrons. The number of urea groups is 1. The number of carbonyl (C=O) groups is 4. The highest BCUT2D eigenvalue weighted by Crippen LogP contribution is 2.47. The quantitative estimate of drug-likeness (QED) is 0.649. The number of piperidine rings is 1. The number of anilines is 1. The van der Waals surface area contributed by atoms with Crippen LogP contribution < -0.4 is 10.6 Å². The zero-order chi connectivity index (χ0) is 24.6. The summed E-state index contributed by atoms with van der Waals surface area (Å²) < 4.78 is 5.58. The normalized spacial score (nSPS) is 23.9. The standard InChI is InChI=1S/C27H26N4O5/c32-23-8-7-22(24(33)29-23)30-11-17-10-19(4-5-20(17)25(30)34)28-26(35)31-12-18-9-16(15-1-2-15)3-6-21(18)27(31)13-36-14-27/h3-6,9-10,15,22H,1-2,7-8,11-14H2,(H,28,35)(H,29,32,33). The Morgan fingerprint density at radius 1 is 1.00 bits per heavy atom. The van der Waals surface area contributed by atoms with Crippen molar-refractivity contribution in [3.8, 4) is 0 Å². The first-order valence-corrected chi connectivity index (χ1v) is 12.5. The molecule has 1 atom stereocenters. The average molecular weight is 487 g/mol. The third-order valence-corrected chi connectivity index (χ3v) is 8.23. The van der Waals surface area contributed by atoms with Crippen LogP contribution in [0.15, 0.2) is 36.4 Å². The number of imide groups is 1. The molecule has 5 aliphatic rings. The summed E-state index contributed by atoms with van der Waals surface area (Å²) in [6.07, 6.45) is 3.00. The molecule has 3 fully saturated rings. The van der Waals surface area contributed by atoms with Gasteiger partial charge in [0.15, 0.2) is 0 Å². The first kappa shape index (κ1) is 21.6. The van der Waals surface area contributed by atoms with Crippen molar-refractivity contribution in [2.24, 2.45) is 0 Å². The van der Waals surface area contributed by atoms with Gasteiger partial charge >= 0.3 is 6.03 Å². The molecule has 36 heavy (non-hydrogen) atoms. The van der Waals surface area contributed by atoms with Crippen molar-refractivity contribution >= 4 is 29.4 Å². The lowest BCUT2D eigenvalue weighted by atomic mass is 9.87. The van der Waals surface area contributed by atoms with Gasteiger partial charge in [-0.25, -0.2) is 4.79 Å². The molecule has 2 saturated heterocycles. The van der Waals surface area contributed by atoms with Crippen LogP contribution in [0.1, 0.15) is 64.2 Å². The molecule has 5 amide bonds. The second-order valence-corrected chi connectivity index (χ2v) is 10.5. The number of nitrogens with zero attached hydrogens (tertiary/aromatic N) is 2. The second kappa shape index (κ2) is 7.64. The highest BCUT2D eigenvalue weighted by Gasteiger charge is 2.53. The number of carbonyl (C=O) groups excluding carboxylic acids is 4. The van der Waals surface area contributed by atoms with Crippen molar-refractivity contribution < 1.29 is 23.9 Å². The third-order valence-electron chi connectivity index (χ3n) is 8.23. The SMILES string of the molecule is O=C1CCC(N2Cc3cc(NC(=O)N4Cc5cc(C6CC6)ccc5C45COC5)ccc3C2=O)C(=O)N1. The fourth-order valence-corrected chi connectivity index (χ4v) is 6.05. The number of benzene rings is 2. The van der Waals surface area contributed by atoms with Crippen molar-refractivity contribution in [2.45, 2.75) is 56.3 Å². The smallest absolute Gasteiger partial charge is 0.323 e. The largest absolute Gasteiger partial charge is 0.376 e. The molecule has 0 aromatic heterocycles. The van der Waals surface area contributed by atoms with Crippen LogP contribution in [0.4, 0.5) is 10.5 Å². The summed E-state index contributed by atoms with van der Waals surface area (Å²) in [6, 6.07) is 11.0. The minimum atomic E-state index is -0.664. The van der Waals surface area contributed by atoms with Gasteiger partial charge < -0.3 is 19.9 Å². The number of amides is 5. The Balaban J connectivity index is 1.09. The van der Waals surface area contributed by atoms with Gasteiger partial charge in [-0.1, -0.05) is 18.2 Å². The van der Waals surface area contributed by atoms with Crippen molar-refractivity contribution in [3.63, 3.8) is 0 Å². The Bertz CT molecular complexity index is 1350. The molecule has 2 aromatic carbocycles. The molecule has 1 aliphatic carbocycles. The fraction of sp³-hybridized carbons (Fsp3) is 0.407. The van der Waals surface area contributed by atoms with Crippen LogP contribution in [0.5, 0.6) is 0 Å². The van der Waals surface area contributed by atoms with Crippen LogP contribution in [0.3, 0.4) is 0 Å². The highest BCUT2D eigenvalue weighted by atomic mass is 16.5. The van der Waals surface area contributed by atoms with E-state index >= 15 is 0 Å². The van der Waals surface area contributed by atoms with E-state index in [1.165, 1.54) is 34.4 Å². The third kappa shape index (κ3) is 3.19. The molecule has 1 saturated carbocycles. The van der Waals surface area contributed by atoms with Crippen molar-refractivity contribution in [1.29, 1.82) is 0 Å². The van der Waals surface area contributed by atoms with Gasteiger partial charge in [0.2, 0.25) is 11.8 Å². The van der Waals surface area contributed by atoms with Crippen molar-refractivity contribution in [1.82, 2.24) is 15.1 Å². The van der Waals surface area contributed by atoms with Crippen LogP contribution in [0.25, 0.3) is 0 Å². The summed E-state index contributed by atoms with van der Waals surface area (Å²) in [5.41, 5.74) is 5.16. The Kier molecular flexibility index (Phi) is 4.57. The number of hydrogen-bond donors (Lipinski definition) is 2. The molecular weight excluding hydrogens is 460 g/mol. The Labute approximate surface area is 207 Å². The van der Waals surface area contributed by atoms with Crippen LogP contribution >= 0.6 is 0 Å². The topological polar surface area (TPSA) is 108 Å². The molecule has 184 valence electrons.